The van der Waals surface area contributed by atoms with Crippen LogP contribution in [0, 0.1) is 5.92 Å². The summed E-state index contributed by atoms with van der Waals surface area (Å²) in [5.74, 6) is 0.809. The highest BCUT2D eigenvalue weighted by Gasteiger charge is 2.35. The summed E-state index contributed by atoms with van der Waals surface area (Å²) in [7, 11) is 0. The number of piperidine rings is 1. The van der Waals surface area contributed by atoms with Crippen molar-refractivity contribution in [2.75, 3.05) is 26.2 Å². The van der Waals surface area contributed by atoms with E-state index in [9.17, 15) is 4.79 Å². The van der Waals surface area contributed by atoms with Gasteiger partial charge in [-0.1, -0.05) is 0 Å². The van der Waals surface area contributed by atoms with Crippen LogP contribution in [0.15, 0.2) is 0 Å². The summed E-state index contributed by atoms with van der Waals surface area (Å²) in [6.45, 7) is 4.16. The molecule has 2 heterocycles. The van der Waals surface area contributed by atoms with Crippen LogP contribution in [-0.2, 0) is 4.79 Å². The van der Waals surface area contributed by atoms with Crippen molar-refractivity contribution in [3.05, 3.63) is 0 Å². The van der Waals surface area contributed by atoms with Gasteiger partial charge in [0, 0.05) is 44.2 Å². The van der Waals surface area contributed by atoms with Crippen LogP contribution < -0.4 is 10.6 Å². The molecule has 0 atom stereocenters. The third kappa shape index (κ3) is 2.23. The standard InChI is InChI=1S/C12H21N3O/c16-12(9-1-2-9)15-5-3-10(4-6-15)14-11-7-13-8-11/h9-11,13-14H,1-8H2. The summed E-state index contributed by atoms with van der Waals surface area (Å²) >= 11 is 0. The summed E-state index contributed by atoms with van der Waals surface area (Å²) in [4.78, 5) is 13.9. The molecule has 1 aliphatic carbocycles. The first-order valence-corrected chi connectivity index (χ1v) is 6.58. The van der Waals surface area contributed by atoms with Crippen molar-refractivity contribution >= 4 is 5.91 Å². The van der Waals surface area contributed by atoms with E-state index in [0.717, 1.165) is 51.9 Å². The number of amides is 1. The Morgan fingerprint density at radius 1 is 1.06 bits per heavy atom. The average Bonchev–Trinajstić information content (AvgIpc) is 3.07. The van der Waals surface area contributed by atoms with Crippen molar-refractivity contribution < 1.29 is 4.79 Å². The molecular formula is C12H21N3O. The van der Waals surface area contributed by atoms with Crippen LogP contribution in [-0.4, -0.2) is 49.1 Å². The Balaban J connectivity index is 1.42. The summed E-state index contributed by atoms with van der Waals surface area (Å²) in [6.07, 6.45) is 4.53. The molecule has 1 saturated carbocycles. The van der Waals surface area contributed by atoms with E-state index in [4.69, 9.17) is 0 Å². The van der Waals surface area contributed by atoms with E-state index in [0.29, 0.717) is 23.9 Å². The number of likely N-dealkylation sites (tertiary alicyclic amines) is 1. The van der Waals surface area contributed by atoms with Gasteiger partial charge in [0.15, 0.2) is 0 Å². The van der Waals surface area contributed by atoms with E-state index < -0.39 is 0 Å². The fourth-order valence-electron chi connectivity index (χ4n) is 2.59. The Labute approximate surface area is 96.8 Å². The number of rotatable bonds is 3. The molecule has 0 radical (unpaired) electrons. The fourth-order valence-corrected chi connectivity index (χ4v) is 2.59. The van der Waals surface area contributed by atoms with Crippen LogP contribution in [0.5, 0.6) is 0 Å². The number of carbonyl (C=O) groups excluding carboxylic acids is 1. The Hall–Kier alpha value is -0.610. The molecule has 3 aliphatic rings. The number of hydrogen-bond donors (Lipinski definition) is 2. The first-order chi connectivity index (χ1) is 7.83. The van der Waals surface area contributed by atoms with Gasteiger partial charge in [0.05, 0.1) is 0 Å². The van der Waals surface area contributed by atoms with Crippen LogP contribution >= 0.6 is 0 Å². The monoisotopic (exact) mass is 223 g/mol. The molecule has 4 nitrogen and oxygen atoms in total. The van der Waals surface area contributed by atoms with Gasteiger partial charge >= 0.3 is 0 Å². The van der Waals surface area contributed by atoms with Gasteiger partial charge in [0.25, 0.3) is 0 Å². The van der Waals surface area contributed by atoms with Crippen LogP contribution in [0.1, 0.15) is 25.7 Å². The highest BCUT2D eigenvalue weighted by atomic mass is 16.2. The van der Waals surface area contributed by atoms with E-state index in [-0.39, 0.29) is 0 Å². The molecule has 0 aromatic carbocycles. The van der Waals surface area contributed by atoms with Gasteiger partial charge in [-0.15, -0.1) is 0 Å². The minimum Gasteiger partial charge on any atom is -0.342 e. The maximum atomic E-state index is 11.9. The quantitative estimate of drug-likeness (QED) is 0.705. The van der Waals surface area contributed by atoms with E-state index in [1.807, 2.05) is 0 Å². The molecule has 0 bridgehead atoms. The Morgan fingerprint density at radius 2 is 1.75 bits per heavy atom. The lowest BCUT2D eigenvalue weighted by Gasteiger charge is -2.37. The Kier molecular flexibility index (Phi) is 2.86. The van der Waals surface area contributed by atoms with Crippen molar-refractivity contribution in [3.63, 3.8) is 0 Å². The molecule has 2 N–H and O–H groups in total. The summed E-state index contributed by atoms with van der Waals surface area (Å²) in [6, 6.07) is 1.31. The molecule has 1 amide bonds. The molecule has 4 heteroatoms. The zero-order valence-corrected chi connectivity index (χ0v) is 9.74. The van der Waals surface area contributed by atoms with E-state index >= 15 is 0 Å². The predicted molar refractivity (Wildman–Crippen MR) is 62.1 cm³/mol. The van der Waals surface area contributed by atoms with Crippen molar-refractivity contribution in [2.45, 2.75) is 37.8 Å². The smallest absolute Gasteiger partial charge is 0.225 e. The van der Waals surface area contributed by atoms with Gasteiger partial charge < -0.3 is 15.5 Å². The molecule has 2 saturated heterocycles. The number of carbonyl (C=O) groups is 1. The molecule has 0 aromatic rings. The minimum absolute atomic E-state index is 0.389. The van der Waals surface area contributed by atoms with E-state index in [2.05, 4.69) is 15.5 Å². The van der Waals surface area contributed by atoms with Crippen LogP contribution in [0.2, 0.25) is 0 Å². The van der Waals surface area contributed by atoms with E-state index in [1.54, 1.807) is 0 Å². The minimum atomic E-state index is 0.389. The molecule has 0 aromatic heterocycles. The zero-order chi connectivity index (χ0) is 11.0. The lowest BCUT2D eigenvalue weighted by molar-refractivity contribution is -0.133. The lowest BCUT2D eigenvalue weighted by atomic mass is 10.0. The number of nitrogens with zero attached hydrogens (tertiary/aromatic N) is 1. The van der Waals surface area contributed by atoms with Gasteiger partial charge in [0.2, 0.25) is 5.91 Å². The van der Waals surface area contributed by atoms with Crippen molar-refractivity contribution in [1.82, 2.24) is 15.5 Å². The summed E-state index contributed by atoms with van der Waals surface area (Å²) in [5, 5.41) is 6.93. The molecule has 2 aliphatic heterocycles. The Bertz CT molecular complexity index is 265. The molecule has 0 unspecified atom stereocenters. The van der Waals surface area contributed by atoms with E-state index in [1.165, 1.54) is 0 Å². The van der Waals surface area contributed by atoms with Gasteiger partial charge in [-0.25, -0.2) is 0 Å². The normalized spacial score (nSPS) is 27.9. The first kappa shape index (κ1) is 10.5. The largest absolute Gasteiger partial charge is 0.342 e. The Morgan fingerprint density at radius 3 is 2.25 bits per heavy atom. The van der Waals surface area contributed by atoms with Crippen LogP contribution in [0.3, 0.4) is 0 Å². The lowest BCUT2D eigenvalue weighted by Crippen LogP contribution is -2.59. The third-order valence-electron chi connectivity index (χ3n) is 3.99. The molecular weight excluding hydrogens is 202 g/mol. The second-order valence-electron chi connectivity index (χ2n) is 5.40. The predicted octanol–water partition coefficient (Wildman–Crippen LogP) is -0.0512. The maximum absolute atomic E-state index is 11.9. The summed E-state index contributed by atoms with van der Waals surface area (Å²) < 4.78 is 0. The topological polar surface area (TPSA) is 44.4 Å². The van der Waals surface area contributed by atoms with Gasteiger partial charge in [0.1, 0.15) is 0 Å². The van der Waals surface area contributed by atoms with Crippen molar-refractivity contribution in [1.29, 1.82) is 0 Å². The summed E-state index contributed by atoms with van der Waals surface area (Å²) in [5.41, 5.74) is 0. The highest BCUT2D eigenvalue weighted by molar-refractivity contribution is 5.81. The molecule has 16 heavy (non-hydrogen) atoms. The van der Waals surface area contributed by atoms with Gasteiger partial charge in [-0.3, -0.25) is 4.79 Å². The average molecular weight is 223 g/mol. The van der Waals surface area contributed by atoms with Gasteiger partial charge in [-0.05, 0) is 25.7 Å². The number of hydrogen-bond acceptors (Lipinski definition) is 3. The van der Waals surface area contributed by atoms with Crippen molar-refractivity contribution in [3.8, 4) is 0 Å². The maximum Gasteiger partial charge on any atom is 0.225 e. The fraction of sp³-hybridized carbons (Fsp3) is 0.917. The highest BCUT2D eigenvalue weighted by Crippen LogP contribution is 2.31. The van der Waals surface area contributed by atoms with Gasteiger partial charge in [-0.2, -0.15) is 0 Å². The molecule has 3 rings (SSSR count). The van der Waals surface area contributed by atoms with Crippen molar-refractivity contribution in [2.24, 2.45) is 5.92 Å². The van der Waals surface area contributed by atoms with Crippen LogP contribution in [0.25, 0.3) is 0 Å². The number of nitrogens with one attached hydrogen (secondary N) is 2. The second-order valence-corrected chi connectivity index (χ2v) is 5.40. The zero-order valence-electron chi connectivity index (χ0n) is 9.74. The molecule has 0 spiro atoms. The first-order valence-electron chi connectivity index (χ1n) is 6.58. The van der Waals surface area contributed by atoms with Crippen LogP contribution in [0.4, 0.5) is 0 Å². The molecule has 3 fully saturated rings. The SMILES string of the molecule is O=C(C1CC1)N1CCC(NC2CNC2)CC1. The second kappa shape index (κ2) is 4.34. The third-order valence-corrected chi connectivity index (χ3v) is 3.99. The molecule has 90 valence electrons.